The lowest BCUT2D eigenvalue weighted by Crippen LogP contribution is -2.50. The first-order chi connectivity index (χ1) is 11.5. The summed E-state index contributed by atoms with van der Waals surface area (Å²) in [5, 5.41) is 8.20. The van der Waals surface area contributed by atoms with Gasteiger partial charge in [0.1, 0.15) is 0 Å². The normalized spacial score (nSPS) is 11.2. The third-order valence-corrected chi connectivity index (χ3v) is 3.51. The Balaban J connectivity index is 2.43. The monoisotopic (exact) mass is 388 g/mol. The third-order valence-electron chi connectivity index (χ3n) is 2.77. The number of rotatable bonds is 5. The number of nitrogens with one attached hydrogen (secondary N) is 3. The maximum absolute atomic E-state index is 12.0. The third kappa shape index (κ3) is 8.72. The number of amides is 4. The van der Waals surface area contributed by atoms with Gasteiger partial charge in [-0.15, -0.1) is 0 Å². The van der Waals surface area contributed by atoms with Crippen molar-refractivity contribution in [3.05, 3.63) is 28.2 Å². The van der Waals surface area contributed by atoms with E-state index in [1.165, 1.54) is 11.0 Å². The van der Waals surface area contributed by atoms with Gasteiger partial charge in [0.25, 0.3) is 0 Å². The molecule has 4 amide bonds. The van der Waals surface area contributed by atoms with Crippen molar-refractivity contribution >= 4 is 46.7 Å². The van der Waals surface area contributed by atoms with Crippen LogP contribution in [0.5, 0.6) is 0 Å². The van der Waals surface area contributed by atoms with Gasteiger partial charge in [-0.05, 0) is 46.0 Å². The van der Waals surface area contributed by atoms with Gasteiger partial charge >= 0.3 is 6.03 Å². The summed E-state index contributed by atoms with van der Waals surface area (Å²) in [4.78, 5) is 36.9. The van der Waals surface area contributed by atoms with E-state index in [0.717, 1.165) is 0 Å². The van der Waals surface area contributed by atoms with Crippen molar-refractivity contribution in [3.8, 4) is 0 Å². The fourth-order valence-electron chi connectivity index (χ4n) is 1.86. The molecular weight excluding hydrogens is 367 g/mol. The van der Waals surface area contributed by atoms with Crippen LogP contribution in [0.4, 0.5) is 10.5 Å². The van der Waals surface area contributed by atoms with Crippen LogP contribution >= 0.6 is 23.2 Å². The quantitative estimate of drug-likeness (QED) is 0.722. The summed E-state index contributed by atoms with van der Waals surface area (Å²) in [6.45, 7) is 5.27. The molecule has 0 fully saturated rings. The fraction of sp³-hybridized carbons (Fsp3) is 0.438. The molecule has 0 aromatic heterocycles. The maximum Gasteiger partial charge on any atom is 0.321 e. The smallest absolute Gasteiger partial charge is 0.321 e. The molecule has 3 N–H and O–H groups in total. The Hall–Kier alpha value is -1.83. The van der Waals surface area contributed by atoms with E-state index in [-0.39, 0.29) is 19.0 Å². The van der Waals surface area contributed by atoms with Crippen molar-refractivity contribution in [1.29, 1.82) is 0 Å². The summed E-state index contributed by atoms with van der Waals surface area (Å²) in [7, 11) is 1.59. The molecular formula is C16H22Cl2N4O3. The molecule has 138 valence electrons. The molecule has 0 saturated heterocycles. The highest BCUT2D eigenvalue weighted by atomic mass is 35.5. The van der Waals surface area contributed by atoms with Gasteiger partial charge in [0.2, 0.25) is 11.8 Å². The molecule has 0 spiro atoms. The Bertz CT molecular complexity index is 659. The van der Waals surface area contributed by atoms with Crippen molar-refractivity contribution in [3.63, 3.8) is 0 Å². The van der Waals surface area contributed by atoms with Gasteiger partial charge in [0.15, 0.2) is 0 Å². The molecule has 0 bridgehead atoms. The molecule has 7 nitrogen and oxygen atoms in total. The molecule has 0 unspecified atom stereocenters. The summed E-state index contributed by atoms with van der Waals surface area (Å²) >= 11 is 11.7. The number of benzene rings is 1. The van der Waals surface area contributed by atoms with E-state index in [9.17, 15) is 14.4 Å². The van der Waals surface area contributed by atoms with Crippen LogP contribution < -0.4 is 16.0 Å². The van der Waals surface area contributed by atoms with Gasteiger partial charge in [0, 0.05) is 11.2 Å². The zero-order valence-electron chi connectivity index (χ0n) is 14.6. The highest BCUT2D eigenvalue weighted by Gasteiger charge is 2.17. The zero-order chi connectivity index (χ0) is 19.2. The minimum Gasteiger partial charge on any atom is -0.333 e. The number of likely N-dealkylation sites (N-methyl/N-ethyl adjacent to an activating group) is 1. The van der Waals surface area contributed by atoms with E-state index in [1.807, 2.05) is 0 Å². The van der Waals surface area contributed by atoms with Gasteiger partial charge < -0.3 is 10.6 Å². The SMILES string of the molecule is CN(CC(=O)NC(=O)NC(C)(C)C)CC(=O)Nc1ccc(Cl)c(Cl)c1. The van der Waals surface area contributed by atoms with Crippen molar-refractivity contribution in [2.75, 3.05) is 25.5 Å². The number of nitrogens with zero attached hydrogens (tertiary/aromatic N) is 1. The molecule has 1 rings (SSSR count). The minimum absolute atomic E-state index is 0.0332. The van der Waals surface area contributed by atoms with Crippen LogP contribution in [0.25, 0.3) is 0 Å². The van der Waals surface area contributed by atoms with Crippen LogP contribution in [0.15, 0.2) is 18.2 Å². The average Bonchev–Trinajstić information content (AvgIpc) is 2.39. The number of hydrogen-bond acceptors (Lipinski definition) is 4. The number of carbonyl (C=O) groups excluding carboxylic acids is 3. The predicted molar refractivity (Wildman–Crippen MR) is 99.0 cm³/mol. The molecule has 0 heterocycles. The second-order valence-corrected chi connectivity index (χ2v) is 7.42. The van der Waals surface area contributed by atoms with Crippen LogP contribution in [0.3, 0.4) is 0 Å². The lowest BCUT2D eigenvalue weighted by atomic mass is 10.1. The average molecular weight is 389 g/mol. The summed E-state index contributed by atoms with van der Waals surface area (Å²) in [6, 6.07) is 4.15. The lowest BCUT2D eigenvalue weighted by Gasteiger charge is -2.21. The van der Waals surface area contributed by atoms with Gasteiger partial charge in [-0.2, -0.15) is 0 Å². The lowest BCUT2D eigenvalue weighted by molar-refractivity contribution is -0.122. The zero-order valence-corrected chi connectivity index (χ0v) is 16.1. The van der Waals surface area contributed by atoms with E-state index < -0.39 is 17.5 Å². The molecule has 0 aliphatic carbocycles. The van der Waals surface area contributed by atoms with Crippen molar-refractivity contribution in [2.45, 2.75) is 26.3 Å². The van der Waals surface area contributed by atoms with Crippen LogP contribution in [0.2, 0.25) is 10.0 Å². The molecule has 0 aliphatic rings. The largest absolute Gasteiger partial charge is 0.333 e. The molecule has 0 aliphatic heterocycles. The molecule has 0 radical (unpaired) electrons. The van der Waals surface area contributed by atoms with E-state index >= 15 is 0 Å². The van der Waals surface area contributed by atoms with Crippen molar-refractivity contribution < 1.29 is 14.4 Å². The molecule has 1 aromatic carbocycles. The topological polar surface area (TPSA) is 90.5 Å². The summed E-state index contributed by atoms with van der Waals surface area (Å²) in [5.41, 5.74) is 0.0533. The summed E-state index contributed by atoms with van der Waals surface area (Å²) in [5.74, 6) is -0.834. The Morgan fingerprint density at radius 1 is 1.04 bits per heavy atom. The van der Waals surface area contributed by atoms with E-state index in [4.69, 9.17) is 23.2 Å². The van der Waals surface area contributed by atoms with E-state index in [1.54, 1.807) is 40.0 Å². The van der Waals surface area contributed by atoms with Crippen LogP contribution in [0.1, 0.15) is 20.8 Å². The van der Waals surface area contributed by atoms with Gasteiger partial charge in [-0.1, -0.05) is 23.2 Å². The first-order valence-electron chi connectivity index (χ1n) is 7.52. The van der Waals surface area contributed by atoms with E-state index in [2.05, 4.69) is 16.0 Å². The highest BCUT2D eigenvalue weighted by molar-refractivity contribution is 6.42. The predicted octanol–water partition coefficient (Wildman–Crippen LogP) is 2.49. The molecule has 0 saturated carbocycles. The Labute approximate surface area is 157 Å². The second kappa shape index (κ2) is 9.03. The number of urea groups is 1. The summed E-state index contributed by atoms with van der Waals surface area (Å²) < 4.78 is 0. The Morgan fingerprint density at radius 2 is 1.64 bits per heavy atom. The van der Waals surface area contributed by atoms with Crippen LogP contribution in [-0.4, -0.2) is 48.4 Å². The first kappa shape index (κ1) is 21.2. The molecule has 9 heteroatoms. The van der Waals surface area contributed by atoms with Gasteiger partial charge in [-0.25, -0.2) is 4.79 Å². The van der Waals surface area contributed by atoms with Crippen molar-refractivity contribution in [1.82, 2.24) is 15.5 Å². The number of imide groups is 1. The Kier molecular flexibility index (Phi) is 7.66. The van der Waals surface area contributed by atoms with E-state index in [0.29, 0.717) is 15.7 Å². The fourth-order valence-corrected chi connectivity index (χ4v) is 2.16. The number of halogens is 2. The number of anilines is 1. The molecule has 0 atom stereocenters. The second-order valence-electron chi connectivity index (χ2n) is 6.60. The van der Waals surface area contributed by atoms with Crippen LogP contribution in [0, 0.1) is 0 Å². The standard InChI is InChI=1S/C16H22Cl2N4O3/c1-16(2,3)21-15(25)20-14(24)9-22(4)8-13(23)19-10-5-6-11(17)12(18)7-10/h5-7H,8-9H2,1-4H3,(H,19,23)(H2,20,21,24,25). The van der Waals surface area contributed by atoms with Gasteiger partial charge in [-0.3, -0.25) is 19.8 Å². The highest BCUT2D eigenvalue weighted by Crippen LogP contribution is 2.24. The van der Waals surface area contributed by atoms with Crippen molar-refractivity contribution in [2.24, 2.45) is 0 Å². The maximum atomic E-state index is 12.0. The first-order valence-corrected chi connectivity index (χ1v) is 8.27. The minimum atomic E-state index is -0.578. The Morgan fingerprint density at radius 3 is 2.20 bits per heavy atom. The summed E-state index contributed by atoms with van der Waals surface area (Å²) in [6.07, 6.45) is 0. The molecule has 1 aromatic rings. The number of hydrogen-bond donors (Lipinski definition) is 3. The van der Waals surface area contributed by atoms with Crippen LogP contribution in [-0.2, 0) is 9.59 Å². The molecule has 25 heavy (non-hydrogen) atoms. The van der Waals surface area contributed by atoms with Gasteiger partial charge in [0.05, 0.1) is 23.1 Å². The number of carbonyl (C=O) groups is 3.